The number of hydrogen-bond acceptors (Lipinski definition) is 4. The molecule has 17 heavy (non-hydrogen) atoms. The Morgan fingerprint density at radius 3 is 2.65 bits per heavy atom. The minimum absolute atomic E-state index is 0. The molecule has 0 spiro atoms. The van der Waals surface area contributed by atoms with Crippen LogP contribution in [-0.4, -0.2) is 19.1 Å². The molecule has 5 nitrogen and oxygen atoms in total. The van der Waals surface area contributed by atoms with Crippen molar-refractivity contribution in [3.63, 3.8) is 0 Å². The Bertz CT molecular complexity index is 466. The first-order valence-corrected chi connectivity index (χ1v) is 4.80. The quantitative estimate of drug-likeness (QED) is 0.671. The molecule has 1 unspecified atom stereocenters. The van der Waals surface area contributed by atoms with Crippen molar-refractivity contribution in [2.75, 3.05) is 7.11 Å². The molecule has 0 saturated carbocycles. The van der Waals surface area contributed by atoms with Gasteiger partial charge < -0.3 is 19.6 Å². The van der Waals surface area contributed by atoms with Gasteiger partial charge in [-0.3, -0.25) is 4.79 Å². The second-order valence-corrected chi connectivity index (χ2v) is 3.48. The van der Waals surface area contributed by atoms with Crippen molar-refractivity contribution in [2.24, 2.45) is 0 Å². The third-order valence-corrected chi connectivity index (χ3v) is 2.47. The van der Waals surface area contributed by atoms with Crippen LogP contribution in [0, 0.1) is 0 Å². The number of rotatable bonds is 2. The zero-order chi connectivity index (χ0) is 11.7. The summed E-state index contributed by atoms with van der Waals surface area (Å²) in [6.07, 6.45) is -2.01. The molecule has 84 valence electrons. The summed E-state index contributed by atoms with van der Waals surface area (Å²) in [6, 6.07) is 4.88. The molecule has 0 aromatic heterocycles. The first-order valence-electron chi connectivity index (χ1n) is 4.42. The third kappa shape index (κ3) is 2.74. The van der Waals surface area contributed by atoms with Gasteiger partial charge in [-0.1, -0.05) is 17.7 Å². The Balaban J connectivity index is 0.00000144. The van der Waals surface area contributed by atoms with E-state index in [0.29, 0.717) is 16.3 Å². The van der Waals surface area contributed by atoms with Crippen LogP contribution < -0.4 is 34.3 Å². The molecule has 1 saturated heterocycles. The van der Waals surface area contributed by atoms with Crippen LogP contribution in [0.4, 0.5) is 4.79 Å². The maximum Gasteiger partial charge on any atom is 1.00 e. The summed E-state index contributed by atoms with van der Waals surface area (Å²) in [5.74, 6) is -0.285. The monoisotopic (exact) mass is 263 g/mol. The molecule has 1 aliphatic heterocycles. The zero-order valence-electron chi connectivity index (χ0n) is 9.27. The predicted octanol–water partition coefficient (Wildman–Crippen LogP) is -0.556. The van der Waals surface area contributed by atoms with Crippen LogP contribution in [0.15, 0.2) is 18.2 Å². The number of ether oxygens (including phenoxy) is 2. The minimum atomic E-state index is -1.10. The number of hydrogen-bond donors (Lipinski definition) is 0. The van der Waals surface area contributed by atoms with Gasteiger partial charge >= 0.3 is 29.6 Å². The van der Waals surface area contributed by atoms with Crippen LogP contribution in [0.2, 0.25) is 5.02 Å². The molecule has 0 N–H and O–H groups in total. The van der Waals surface area contributed by atoms with Crippen LogP contribution in [0.3, 0.4) is 0 Å². The molecule has 1 heterocycles. The fourth-order valence-corrected chi connectivity index (χ4v) is 1.72. The van der Waals surface area contributed by atoms with Crippen molar-refractivity contribution >= 4 is 23.6 Å². The van der Waals surface area contributed by atoms with E-state index in [-0.39, 0.29) is 29.6 Å². The van der Waals surface area contributed by atoms with Crippen LogP contribution in [0.5, 0.6) is 5.75 Å². The molecule has 1 aromatic rings. The maximum absolute atomic E-state index is 11.4. The van der Waals surface area contributed by atoms with Gasteiger partial charge in [0.25, 0.3) is 0 Å². The molecule has 1 atom stereocenters. The largest absolute Gasteiger partial charge is 1.00 e. The van der Waals surface area contributed by atoms with Gasteiger partial charge in [-0.2, -0.15) is 0 Å². The van der Waals surface area contributed by atoms with E-state index in [1.54, 1.807) is 18.2 Å². The molecule has 0 radical (unpaired) electrons. The first kappa shape index (κ1) is 14.3. The van der Waals surface area contributed by atoms with E-state index in [4.69, 9.17) is 21.1 Å². The van der Waals surface area contributed by atoms with E-state index in [9.17, 15) is 9.59 Å². The van der Waals surface area contributed by atoms with Gasteiger partial charge in [0.1, 0.15) is 11.7 Å². The molecular formula is C10H7ClNNaO4. The first-order chi connectivity index (χ1) is 7.63. The summed E-state index contributed by atoms with van der Waals surface area (Å²) in [5, 5.41) is 3.44. The fourth-order valence-electron chi connectivity index (χ4n) is 1.46. The second kappa shape index (κ2) is 5.73. The van der Waals surface area contributed by atoms with Crippen molar-refractivity contribution in [3.8, 4) is 5.75 Å². The molecule has 1 aromatic carbocycles. The summed E-state index contributed by atoms with van der Waals surface area (Å²) >= 11 is 5.94. The minimum Gasteiger partial charge on any atom is -0.556 e. The number of carbonyl (C=O) groups excluding carboxylic acids is 2. The van der Waals surface area contributed by atoms with E-state index in [1.165, 1.54) is 7.11 Å². The van der Waals surface area contributed by atoms with Gasteiger partial charge in [0, 0.05) is 0 Å². The molecule has 2 rings (SSSR count). The summed E-state index contributed by atoms with van der Waals surface area (Å²) < 4.78 is 9.82. The molecule has 2 amide bonds. The van der Waals surface area contributed by atoms with Gasteiger partial charge in [0.15, 0.2) is 6.10 Å². The van der Waals surface area contributed by atoms with Crippen LogP contribution in [-0.2, 0) is 9.53 Å². The average Bonchev–Trinajstić information content (AvgIpc) is 2.57. The Labute approximate surface area is 125 Å². The van der Waals surface area contributed by atoms with Crippen LogP contribution in [0.25, 0.3) is 5.32 Å². The molecule has 0 bridgehead atoms. The van der Waals surface area contributed by atoms with Crippen molar-refractivity contribution in [3.05, 3.63) is 34.1 Å². The van der Waals surface area contributed by atoms with Crippen molar-refractivity contribution < 1.29 is 48.6 Å². The maximum atomic E-state index is 11.4. The number of halogens is 1. The standard InChI is InChI=1S/C10H8ClNO4.Na/c1-15-6-4-2-3-5(11)7(6)8-9(13)12-10(14)16-8;/h2-4,8H,1H3,(H,12,13,14);/q;+1/p-1. The number of methoxy groups -OCH3 is 1. The fraction of sp³-hybridized carbons (Fsp3) is 0.200. The number of nitrogens with zero attached hydrogens (tertiary/aromatic N) is 1. The van der Waals surface area contributed by atoms with Gasteiger partial charge in [0.05, 0.1) is 17.7 Å². The second-order valence-electron chi connectivity index (χ2n) is 3.07. The third-order valence-electron chi connectivity index (χ3n) is 2.14. The van der Waals surface area contributed by atoms with Gasteiger partial charge in [0.2, 0.25) is 6.09 Å². The Kier molecular flexibility index (Phi) is 4.82. The predicted molar refractivity (Wildman–Crippen MR) is 55.6 cm³/mol. The Morgan fingerprint density at radius 2 is 2.12 bits per heavy atom. The van der Waals surface area contributed by atoms with E-state index in [1.807, 2.05) is 0 Å². The molecule has 0 aliphatic carbocycles. The van der Waals surface area contributed by atoms with E-state index in [2.05, 4.69) is 5.32 Å². The van der Waals surface area contributed by atoms with E-state index < -0.39 is 18.1 Å². The number of carbonyl (C=O) groups is 2. The van der Waals surface area contributed by atoms with Gasteiger partial charge in [-0.15, -0.1) is 0 Å². The Hall–Kier alpha value is -0.750. The summed E-state index contributed by atoms with van der Waals surface area (Å²) in [6.45, 7) is 0. The van der Waals surface area contributed by atoms with Crippen molar-refractivity contribution in [1.82, 2.24) is 0 Å². The van der Waals surface area contributed by atoms with E-state index in [0.717, 1.165) is 0 Å². The van der Waals surface area contributed by atoms with Crippen LogP contribution >= 0.6 is 11.6 Å². The van der Waals surface area contributed by atoms with Crippen LogP contribution in [0.1, 0.15) is 11.7 Å². The molecule has 1 aliphatic rings. The molecular weight excluding hydrogens is 257 g/mol. The topological polar surface area (TPSA) is 66.7 Å². The normalized spacial score (nSPS) is 18.1. The summed E-state index contributed by atoms with van der Waals surface area (Å²) in [7, 11) is 1.44. The average molecular weight is 264 g/mol. The summed E-state index contributed by atoms with van der Waals surface area (Å²) in [4.78, 5) is 22.2. The smallest absolute Gasteiger partial charge is 0.556 e. The van der Waals surface area contributed by atoms with Crippen molar-refractivity contribution in [1.29, 1.82) is 0 Å². The number of amides is 2. The molecule has 1 fully saturated rings. The Morgan fingerprint density at radius 1 is 1.41 bits per heavy atom. The number of imide groups is 1. The van der Waals surface area contributed by atoms with Gasteiger partial charge in [-0.25, -0.2) is 0 Å². The summed E-state index contributed by atoms with van der Waals surface area (Å²) in [5.41, 5.74) is 0.325. The van der Waals surface area contributed by atoms with E-state index >= 15 is 0 Å². The molecule has 7 heteroatoms. The SMILES string of the molecule is COc1cccc(Cl)c1C1OC(=O)[N-]C1=O.[Na+]. The number of cyclic esters (lactones) is 1. The number of benzene rings is 1. The van der Waals surface area contributed by atoms with Crippen molar-refractivity contribution in [2.45, 2.75) is 6.10 Å². The van der Waals surface area contributed by atoms with Gasteiger partial charge in [-0.05, 0) is 12.1 Å². The zero-order valence-corrected chi connectivity index (χ0v) is 12.0.